The van der Waals surface area contributed by atoms with Gasteiger partial charge in [-0.05, 0) is 12.1 Å². The number of piperazine rings is 1. The van der Waals surface area contributed by atoms with E-state index in [4.69, 9.17) is 0 Å². The molecule has 0 saturated carbocycles. The van der Waals surface area contributed by atoms with E-state index in [-0.39, 0.29) is 43.2 Å². The molecule has 12 nitrogen and oxygen atoms in total. The molecule has 0 radical (unpaired) electrons. The van der Waals surface area contributed by atoms with Crippen molar-refractivity contribution < 1.29 is 22.7 Å². The van der Waals surface area contributed by atoms with Gasteiger partial charge in [0.05, 0.1) is 16.9 Å². The smallest absolute Gasteiger partial charge is 0.294 e. The molecule has 31 heavy (non-hydrogen) atoms. The van der Waals surface area contributed by atoms with Gasteiger partial charge in [0.2, 0.25) is 10.0 Å². The number of nitro benzene ring substituents is 1. The summed E-state index contributed by atoms with van der Waals surface area (Å²) in [4.78, 5) is 29.2. The first-order chi connectivity index (χ1) is 14.8. The summed E-state index contributed by atoms with van der Waals surface area (Å²) in [5, 5.41) is 15.1. The van der Waals surface area contributed by atoms with Crippen molar-refractivity contribution in [1.82, 2.24) is 23.9 Å². The second-order valence-corrected chi connectivity index (χ2v) is 8.84. The van der Waals surface area contributed by atoms with Crippen LogP contribution in [0.2, 0.25) is 0 Å². The van der Waals surface area contributed by atoms with Crippen LogP contribution < -0.4 is 0 Å². The van der Waals surface area contributed by atoms with Crippen LogP contribution in [0.15, 0.2) is 53.8 Å². The van der Waals surface area contributed by atoms with Crippen molar-refractivity contribution in [3.05, 3.63) is 70.6 Å². The van der Waals surface area contributed by atoms with Gasteiger partial charge in [0.15, 0.2) is 0 Å². The maximum Gasteiger partial charge on any atom is 0.294 e. The zero-order valence-corrected chi connectivity index (χ0v) is 17.0. The second kappa shape index (κ2) is 8.28. The highest BCUT2D eigenvalue weighted by molar-refractivity contribution is 7.88. The Hall–Kier alpha value is -3.58. The molecule has 0 spiro atoms. The number of rotatable bonds is 6. The van der Waals surface area contributed by atoms with Gasteiger partial charge < -0.3 is 14.0 Å². The predicted octanol–water partition coefficient (Wildman–Crippen LogP) is 1.06. The maximum absolute atomic E-state index is 12.9. The van der Waals surface area contributed by atoms with E-state index in [1.165, 1.54) is 56.8 Å². The van der Waals surface area contributed by atoms with Gasteiger partial charge in [-0.2, -0.15) is 4.31 Å². The minimum Gasteiger partial charge on any atom is -0.364 e. The molecule has 0 atom stereocenters. The van der Waals surface area contributed by atoms with E-state index in [0.29, 0.717) is 11.4 Å². The molecule has 1 amide bonds. The molecule has 4 rings (SSSR count). The van der Waals surface area contributed by atoms with Crippen LogP contribution in [0, 0.1) is 10.1 Å². The Balaban J connectivity index is 1.46. The molecule has 2 aromatic heterocycles. The third-order valence-electron chi connectivity index (χ3n) is 4.94. The van der Waals surface area contributed by atoms with Crippen molar-refractivity contribution in [1.29, 1.82) is 0 Å². The molecule has 3 heterocycles. The highest BCUT2D eigenvalue weighted by Crippen LogP contribution is 2.25. The van der Waals surface area contributed by atoms with Crippen LogP contribution in [0.25, 0.3) is 5.69 Å². The van der Waals surface area contributed by atoms with Gasteiger partial charge in [0.1, 0.15) is 17.7 Å². The average molecular weight is 446 g/mol. The Labute approximate surface area is 176 Å². The van der Waals surface area contributed by atoms with Crippen LogP contribution >= 0.6 is 0 Å². The first kappa shape index (κ1) is 20.7. The molecule has 1 fully saturated rings. The van der Waals surface area contributed by atoms with Crippen LogP contribution in [0.3, 0.4) is 0 Å². The number of sulfonamides is 1. The van der Waals surface area contributed by atoms with E-state index in [0.717, 1.165) is 0 Å². The van der Waals surface area contributed by atoms with Gasteiger partial charge >= 0.3 is 0 Å². The molecule has 1 aromatic carbocycles. The minimum atomic E-state index is -3.59. The summed E-state index contributed by atoms with van der Waals surface area (Å²) in [6, 6.07) is 5.72. The summed E-state index contributed by atoms with van der Waals surface area (Å²) in [6.07, 6.45) is 5.81. The lowest BCUT2D eigenvalue weighted by Crippen LogP contribution is -2.50. The monoisotopic (exact) mass is 446 g/mol. The molecule has 0 bridgehead atoms. The summed E-state index contributed by atoms with van der Waals surface area (Å²) in [5.74, 6) is -0.673. The van der Waals surface area contributed by atoms with E-state index in [9.17, 15) is 23.3 Å². The lowest BCUT2D eigenvalue weighted by molar-refractivity contribution is -0.384. The van der Waals surface area contributed by atoms with Crippen molar-refractivity contribution in [2.45, 2.75) is 5.75 Å². The third kappa shape index (κ3) is 4.32. The normalized spacial score (nSPS) is 15.2. The Bertz CT molecular complexity index is 1180. The van der Waals surface area contributed by atoms with E-state index in [1.807, 2.05) is 0 Å². The number of benzene rings is 1. The van der Waals surface area contributed by atoms with E-state index >= 15 is 0 Å². The summed E-state index contributed by atoms with van der Waals surface area (Å²) in [7, 11) is -3.59. The van der Waals surface area contributed by atoms with E-state index < -0.39 is 20.9 Å². The number of hydrogen-bond acceptors (Lipinski definition) is 8. The molecule has 162 valence electrons. The van der Waals surface area contributed by atoms with E-state index in [2.05, 4.69) is 14.7 Å². The number of nitrogens with zero attached hydrogens (tertiary/aromatic N) is 6. The Morgan fingerprint density at radius 3 is 2.58 bits per heavy atom. The molecule has 1 aliphatic rings. The molecule has 1 aliphatic heterocycles. The number of imidazole rings is 1. The SMILES string of the molecule is O=C(c1ccc(-n2ccnc2)c([N+](=O)[O-])c1)N1CCN(S(=O)(=O)Cc2ccon2)CC1. The number of nitro groups is 1. The lowest BCUT2D eigenvalue weighted by Gasteiger charge is -2.34. The zero-order chi connectivity index (χ0) is 22.0. The van der Waals surface area contributed by atoms with Crippen molar-refractivity contribution in [3.8, 4) is 5.69 Å². The van der Waals surface area contributed by atoms with Crippen molar-refractivity contribution in [2.75, 3.05) is 26.2 Å². The number of hydrogen-bond donors (Lipinski definition) is 0. The first-order valence-electron chi connectivity index (χ1n) is 9.28. The quantitative estimate of drug-likeness (QED) is 0.404. The number of amides is 1. The Kier molecular flexibility index (Phi) is 5.52. The molecule has 13 heteroatoms. The minimum absolute atomic E-state index is 0.126. The second-order valence-electron chi connectivity index (χ2n) is 6.87. The lowest BCUT2D eigenvalue weighted by atomic mass is 10.1. The zero-order valence-electron chi connectivity index (χ0n) is 16.2. The third-order valence-corrected chi connectivity index (χ3v) is 6.75. The highest BCUT2D eigenvalue weighted by Gasteiger charge is 2.30. The first-order valence-corrected chi connectivity index (χ1v) is 10.9. The molecular formula is C18H18N6O6S. The summed E-state index contributed by atoms with van der Waals surface area (Å²) in [6.45, 7) is 0.601. The van der Waals surface area contributed by atoms with Gasteiger partial charge in [0.25, 0.3) is 11.6 Å². The fourth-order valence-electron chi connectivity index (χ4n) is 3.36. The summed E-state index contributed by atoms with van der Waals surface area (Å²) in [5.41, 5.74) is 0.541. The molecule has 1 saturated heterocycles. The number of aromatic nitrogens is 3. The fourth-order valence-corrected chi connectivity index (χ4v) is 4.79. The fraction of sp³-hybridized carbons (Fsp3) is 0.278. The van der Waals surface area contributed by atoms with Crippen molar-refractivity contribution in [2.24, 2.45) is 0 Å². The maximum atomic E-state index is 12.9. The largest absolute Gasteiger partial charge is 0.364 e. The molecule has 0 aliphatic carbocycles. The Morgan fingerprint density at radius 2 is 1.97 bits per heavy atom. The number of carbonyl (C=O) groups excluding carboxylic acids is 1. The van der Waals surface area contributed by atoms with Crippen LogP contribution in [0.5, 0.6) is 0 Å². The van der Waals surface area contributed by atoms with Gasteiger partial charge in [-0.1, -0.05) is 5.16 Å². The van der Waals surface area contributed by atoms with Crippen molar-refractivity contribution >= 4 is 21.6 Å². The summed E-state index contributed by atoms with van der Waals surface area (Å²) < 4.78 is 32.5. The van der Waals surface area contributed by atoms with Crippen LogP contribution in [0.1, 0.15) is 16.1 Å². The van der Waals surface area contributed by atoms with Gasteiger partial charge in [-0.25, -0.2) is 13.4 Å². The van der Waals surface area contributed by atoms with Crippen LogP contribution in [-0.4, -0.2) is 69.3 Å². The van der Waals surface area contributed by atoms with E-state index in [1.54, 1.807) is 6.20 Å². The molecule has 3 aromatic rings. The Morgan fingerprint density at radius 1 is 1.19 bits per heavy atom. The molecule has 0 N–H and O–H groups in total. The molecule has 0 unspecified atom stereocenters. The van der Waals surface area contributed by atoms with Crippen LogP contribution in [0.4, 0.5) is 5.69 Å². The predicted molar refractivity (Wildman–Crippen MR) is 107 cm³/mol. The van der Waals surface area contributed by atoms with Crippen molar-refractivity contribution in [3.63, 3.8) is 0 Å². The highest BCUT2D eigenvalue weighted by atomic mass is 32.2. The number of carbonyl (C=O) groups is 1. The van der Waals surface area contributed by atoms with Crippen LogP contribution in [-0.2, 0) is 15.8 Å². The van der Waals surface area contributed by atoms with Gasteiger partial charge in [0, 0.05) is 56.3 Å². The standard InChI is InChI=1S/C18H18N6O6S/c25-18(14-1-2-16(17(11-14)24(26)27)22-5-4-19-13-22)21-6-8-23(9-7-21)31(28,29)12-15-3-10-30-20-15/h1-5,10-11,13H,6-9,12H2. The average Bonchev–Trinajstić information content (AvgIpc) is 3.47. The molecular weight excluding hydrogens is 428 g/mol. The van der Waals surface area contributed by atoms with Gasteiger partial charge in [-0.15, -0.1) is 0 Å². The topological polar surface area (TPSA) is 145 Å². The van der Waals surface area contributed by atoms with Gasteiger partial charge in [-0.3, -0.25) is 14.9 Å². The summed E-state index contributed by atoms with van der Waals surface area (Å²) >= 11 is 0.